The second-order valence-corrected chi connectivity index (χ2v) is 10.9. The molecule has 74 valence electrons. The summed E-state index contributed by atoms with van der Waals surface area (Å²) in [7, 11) is -3.40. The quantitative estimate of drug-likeness (QED) is 0.392. The molecule has 0 radical (unpaired) electrons. The molecular formula is C3H16O5Si4. The van der Waals surface area contributed by atoms with Crippen LogP contribution in [0.3, 0.4) is 0 Å². The summed E-state index contributed by atoms with van der Waals surface area (Å²) in [6, 6.07) is 0. The van der Waals surface area contributed by atoms with Crippen molar-refractivity contribution in [1.82, 2.24) is 0 Å². The predicted octanol–water partition coefficient (Wildman–Crippen LogP) is -2.63. The maximum atomic E-state index is 8.40. The van der Waals surface area contributed by atoms with Gasteiger partial charge in [0.2, 0.25) is 0 Å². The Bertz CT molecular complexity index is 111. The number of hydrogen-bond donors (Lipinski definition) is 1. The second-order valence-electron chi connectivity index (χ2n) is 2.52. The Kier molecular flexibility index (Phi) is 7.50. The molecule has 0 bridgehead atoms. The largest absolute Gasteiger partial charge is 0.425 e. The third kappa shape index (κ3) is 7.32. The van der Waals surface area contributed by atoms with E-state index in [-0.39, 0.29) is 0 Å². The fraction of sp³-hybridized carbons (Fsp3) is 1.00. The average molecular weight is 244 g/mol. The van der Waals surface area contributed by atoms with Gasteiger partial charge in [-0.05, 0) is 13.1 Å². The Balaban J connectivity index is 3.19. The molecule has 5 nitrogen and oxygen atoms in total. The van der Waals surface area contributed by atoms with Crippen LogP contribution in [0.15, 0.2) is 0 Å². The van der Waals surface area contributed by atoms with E-state index in [1.165, 1.54) is 0 Å². The van der Waals surface area contributed by atoms with Crippen molar-refractivity contribution >= 4 is 38.6 Å². The standard InChI is InChI=1S/C3H16O5Si4/c1-5-12(2,3)8-11-7-10-6-9-4/h4H,9-11H2,1-3H3. The molecule has 9 heteroatoms. The first-order valence-corrected chi connectivity index (χ1v) is 9.91. The van der Waals surface area contributed by atoms with Gasteiger partial charge in [0.25, 0.3) is 30.0 Å². The Morgan fingerprint density at radius 2 is 1.83 bits per heavy atom. The summed E-state index contributed by atoms with van der Waals surface area (Å²) >= 11 is 0. The molecule has 0 saturated heterocycles. The lowest BCUT2D eigenvalue weighted by Gasteiger charge is -2.20. The fourth-order valence-electron chi connectivity index (χ4n) is 0.373. The van der Waals surface area contributed by atoms with E-state index in [0.717, 1.165) is 0 Å². The van der Waals surface area contributed by atoms with Crippen LogP contribution in [0.2, 0.25) is 13.1 Å². The van der Waals surface area contributed by atoms with Crippen molar-refractivity contribution < 1.29 is 21.6 Å². The second kappa shape index (κ2) is 7.11. The molecule has 0 aliphatic carbocycles. The first-order valence-electron chi connectivity index (χ1n) is 3.58. The van der Waals surface area contributed by atoms with E-state index in [2.05, 4.69) is 0 Å². The van der Waals surface area contributed by atoms with Gasteiger partial charge in [-0.3, -0.25) is 0 Å². The molecule has 0 saturated carbocycles. The van der Waals surface area contributed by atoms with Crippen molar-refractivity contribution in [3.8, 4) is 0 Å². The Morgan fingerprint density at radius 1 is 1.17 bits per heavy atom. The minimum atomic E-state index is -1.89. The van der Waals surface area contributed by atoms with Gasteiger partial charge in [-0.25, -0.2) is 0 Å². The summed E-state index contributed by atoms with van der Waals surface area (Å²) in [6.07, 6.45) is 0. The highest BCUT2D eigenvalue weighted by Gasteiger charge is 2.21. The van der Waals surface area contributed by atoms with Gasteiger partial charge in [-0.15, -0.1) is 0 Å². The highest BCUT2D eigenvalue weighted by atomic mass is 28.4. The number of hydrogen-bond acceptors (Lipinski definition) is 5. The molecule has 0 amide bonds. The first-order chi connectivity index (χ1) is 5.62. The van der Waals surface area contributed by atoms with Crippen molar-refractivity contribution in [1.29, 1.82) is 0 Å². The van der Waals surface area contributed by atoms with Crippen LogP contribution in [-0.4, -0.2) is 50.5 Å². The zero-order valence-electron chi connectivity index (χ0n) is 7.70. The van der Waals surface area contributed by atoms with Crippen molar-refractivity contribution in [2.75, 3.05) is 7.11 Å². The average Bonchev–Trinajstić information content (AvgIpc) is 2.04. The predicted molar refractivity (Wildman–Crippen MR) is 55.6 cm³/mol. The lowest BCUT2D eigenvalue weighted by atomic mass is 11.8. The topological polar surface area (TPSA) is 57.2 Å². The molecule has 0 rings (SSSR count). The summed E-state index contributed by atoms with van der Waals surface area (Å²) in [6.45, 7) is 3.93. The van der Waals surface area contributed by atoms with Gasteiger partial charge in [0, 0.05) is 7.11 Å². The van der Waals surface area contributed by atoms with Gasteiger partial charge in [-0.1, -0.05) is 0 Å². The molecule has 0 aromatic rings. The van der Waals surface area contributed by atoms with Crippen LogP contribution in [0.5, 0.6) is 0 Å². The normalized spacial score (nSPS) is 15.0. The molecule has 0 atom stereocenters. The third-order valence-electron chi connectivity index (χ3n) is 1.24. The Morgan fingerprint density at radius 3 is 2.33 bits per heavy atom. The SMILES string of the molecule is CO[Si](C)(C)O[SiH2]O[SiH2]O[SiH2]O. The highest BCUT2D eigenvalue weighted by Crippen LogP contribution is 2.02. The van der Waals surface area contributed by atoms with E-state index in [9.17, 15) is 0 Å². The monoisotopic (exact) mass is 244 g/mol. The van der Waals surface area contributed by atoms with Crippen LogP contribution in [0, 0.1) is 0 Å². The third-order valence-corrected chi connectivity index (χ3v) is 8.21. The van der Waals surface area contributed by atoms with E-state index in [4.69, 9.17) is 21.6 Å². The van der Waals surface area contributed by atoms with E-state index >= 15 is 0 Å². The maximum absolute atomic E-state index is 8.40. The van der Waals surface area contributed by atoms with Crippen molar-refractivity contribution in [2.24, 2.45) is 0 Å². The highest BCUT2D eigenvalue weighted by molar-refractivity contribution is 6.69. The smallest absolute Gasteiger partial charge is 0.322 e. The first kappa shape index (κ1) is 12.7. The van der Waals surface area contributed by atoms with Gasteiger partial charge < -0.3 is 21.6 Å². The summed E-state index contributed by atoms with van der Waals surface area (Å²) in [5.41, 5.74) is 0. The van der Waals surface area contributed by atoms with Crippen molar-refractivity contribution in [3.05, 3.63) is 0 Å². The van der Waals surface area contributed by atoms with Crippen LogP contribution in [0.4, 0.5) is 0 Å². The van der Waals surface area contributed by atoms with Crippen LogP contribution in [-0.2, 0) is 16.8 Å². The van der Waals surface area contributed by atoms with Crippen LogP contribution in [0.25, 0.3) is 0 Å². The van der Waals surface area contributed by atoms with Gasteiger partial charge >= 0.3 is 8.56 Å². The summed E-state index contributed by atoms with van der Waals surface area (Å²) in [4.78, 5) is 8.40. The fourth-order valence-corrected chi connectivity index (χ4v) is 5.17. The molecule has 0 heterocycles. The molecule has 0 aliphatic heterocycles. The lowest BCUT2D eigenvalue weighted by molar-refractivity contribution is 0.298. The van der Waals surface area contributed by atoms with Gasteiger partial charge in [0.1, 0.15) is 0 Å². The maximum Gasteiger partial charge on any atom is 0.322 e. The van der Waals surface area contributed by atoms with Crippen LogP contribution < -0.4 is 0 Å². The van der Waals surface area contributed by atoms with E-state index in [1.54, 1.807) is 7.11 Å². The van der Waals surface area contributed by atoms with Crippen molar-refractivity contribution in [2.45, 2.75) is 13.1 Å². The molecule has 1 N–H and O–H groups in total. The summed E-state index contributed by atoms with van der Waals surface area (Å²) in [5.74, 6) is 0. The minimum Gasteiger partial charge on any atom is -0.425 e. The van der Waals surface area contributed by atoms with Gasteiger partial charge in [-0.2, -0.15) is 0 Å². The lowest BCUT2D eigenvalue weighted by Crippen LogP contribution is -2.36. The van der Waals surface area contributed by atoms with E-state index in [1.807, 2.05) is 13.1 Å². The van der Waals surface area contributed by atoms with Gasteiger partial charge in [0.15, 0.2) is 0 Å². The van der Waals surface area contributed by atoms with E-state index in [0.29, 0.717) is 0 Å². The molecule has 0 aliphatic rings. The molecule has 12 heavy (non-hydrogen) atoms. The van der Waals surface area contributed by atoms with Crippen LogP contribution >= 0.6 is 0 Å². The zero-order chi connectivity index (χ0) is 9.45. The Hall–Kier alpha value is 0.668. The minimum absolute atomic E-state index is 0.940. The molecular weight excluding hydrogens is 228 g/mol. The summed E-state index contributed by atoms with van der Waals surface area (Å²) < 4.78 is 20.6. The zero-order valence-corrected chi connectivity index (χ0v) is 12.9. The van der Waals surface area contributed by atoms with Crippen molar-refractivity contribution in [3.63, 3.8) is 0 Å². The molecule has 0 fully saturated rings. The van der Waals surface area contributed by atoms with Crippen LogP contribution in [0.1, 0.15) is 0 Å². The molecule has 0 aromatic carbocycles. The van der Waals surface area contributed by atoms with E-state index < -0.39 is 38.6 Å². The molecule has 0 unspecified atom stereocenters. The van der Waals surface area contributed by atoms with Gasteiger partial charge in [0.05, 0.1) is 0 Å². The molecule has 0 aromatic heterocycles. The summed E-state index contributed by atoms with van der Waals surface area (Å²) in [5, 5.41) is 0. The number of rotatable bonds is 7. The Labute approximate surface area is 80.8 Å². The molecule has 0 spiro atoms.